The third-order valence-electron chi connectivity index (χ3n) is 4.85. The van der Waals surface area contributed by atoms with Gasteiger partial charge in [-0.05, 0) is 75.9 Å². The minimum Gasteiger partial charge on any atom is -0.379 e. The number of thiophene rings is 1. The fraction of sp³-hybridized carbons (Fsp3) is 0.778. The van der Waals surface area contributed by atoms with Crippen LogP contribution in [0.2, 0.25) is 0 Å². The molecule has 1 aliphatic carbocycles. The Labute approximate surface area is 134 Å². The van der Waals surface area contributed by atoms with Crippen LogP contribution in [0.25, 0.3) is 0 Å². The second-order valence-electron chi connectivity index (χ2n) is 6.86. The Hall–Kier alpha value is -0.380. The van der Waals surface area contributed by atoms with E-state index in [1.54, 1.807) is 10.4 Å². The average Bonchev–Trinajstić information content (AvgIpc) is 2.96. The summed E-state index contributed by atoms with van der Waals surface area (Å²) in [6.07, 6.45) is 7.47. The van der Waals surface area contributed by atoms with Gasteiger partial charge in [-0.15, -0.1) is 11.3 Å². The van der Waals surface area contributed by atoms with E-state index in [0.717, 1.165) is 13.0 Å². The van der Waals surface area contributed by atoms with Crippen molar-refractivity contribution in [1.29, 1.82) is 0 Å². The minimum absolute atomic E-state index is 0.0156. The van der Waals surface area contributed by atoms with Crippen molar-refractivity contribution in [3.05, 3.63) is 21.9 Å². The summed E-state index contributed by atoms with van der Waals surface area (Å²) in [6, 6.07) is 2.96. The van der Waals surface area contributed by atoms with Gasteiger partial charge in [0.2, 0.25) is 0 Å². The maximum atomic E-state index is 5.61. The lowest BCUT2D eigenvalue weighted by Crippen LogP contribution is -2.38. The van der Waals surface area contributed by atoms with Crippen LogP contribution in [0.1, 0.15) is 69.2 Å². The Balaban J connectivity index is 2.06. The number of nitrogens with one attached hydrogen (secondary N) is 1. The molecule has 1 aromatic heterocycles. The molecule has 0 saturated heterocycles. The van der Waals surface area contributed by atoms with Crippen LogP contribution in [-0.2, 0) is 11.2 Å². The molecule has 0 aliphatic heterocycles. The van der Waals surface area contributed by atoms with E-state index in [1.165, 1.54) is 32.1 Å². The number of rotatable bonds is 8. The number of ether oxygens (including phenoxy) is 1. The van der Waals surface area contributed by atoms with Crippen molar-refractivity contribution in [2.75, 3.05) is 13.7 Å². The van der Waals surface area contributed by atoms with E-state index in [0.29, 0.717) is 12.0 Å². The van der Waals surface area contributed by atoms with Crippen LogP contribution in [0.4, 0.5) is 0 Å². The molecule has 3 heteroatoms. The first-order valence-electron chi connectivity index (χ1n) is 8.42. The largest absolute Gasteiger partial charge is 0.379 e. The fourth-order valence-corrected chi connectivity index (χ4v) is 4.32. The van der Waals surface area contributed by atoms with Gasteiger partial charge in [0.25, 0.3) is 0 Å². The highest BCUT2D eigenvalue weighted by Crippen LogP contribution is 2.38. The third-order valence-corrected chi connectivity index (χ3v) is 5.85. The molecule has 0 amide bonds. The van der Waals surface area contributed by atoms with Gasteiger partial charge in [-0.1, -0.05) is 6.92 Å². The van der Waals surface area contributed by atoms with Crippen molar-refractivity contribution in [2.45, 2.75) is 76.9 Å². The SMILES string of the molecule is CCCNC(CCC(C)(C)OC)C1CCCc2sccc21. The van der Waals surface area contributed by atoms with E-state index < -0.39 is 0 Å². The topological polar surface area (TPSA) is 21.3 Å². The number of methoxy groups -OCH3 is 1. The van der Waals surface area contributed by atoms with Gasteiger partial charge in [0.05, 0.1) is 5.60 Å². The summed E-state index contributed by atoms with van der Waals surface area (Å²) in [5, 5.41) is 6.09. The third kappa shape index (κ3) is 4.54. The van der Waals surface area contributed by atoms with Crippen LogP contribution in [0, 0.1) is 0 Å². The summed E-state index contributed by atoms with van der Waals surface area (Å²) < 4.78 is 5.61. The average molecular weight is 310 g/mol. The number of fused-ring (bicyclic) bond motifs is 1. The lowest BCUT2D eigenvalue weighted by Gasteiger charge is -2.34. The molecule has 0 fully saturated rings. The number of hydrogen-bond donors (Lipinski definition) is 1. The van der Waals surface area contributed by atoms with Crippen LogP contribution in [0.5, 0.6) is 0 Å². The summed E-state index contributed by atoms with van der Waals surface area (Å²) in [5.74, 6) is 0.694. The highest BCUT2D eigenvalue weighted by Gasteiger charge is 2.29. The second kappa shape index (κ2) is 7.75. The predicted molar refractivity (Wildman–Crippen MR) is 92.4 cm³/mol. The standard InChI is InChI=1S/C18H31NOS/c1-5-12-19-16(9-11-18(2,3)20-4)14-7-6-8-17-15(14)10-13-21-17/h10,13-14,16,19H,5-9,11-12H2,1-4H3. The highest BCUT2D eigenvalue weighted by molar-refractivity contribution is 7.10. The van der Waals surface area contributed by atoms with Crippen molar-refractivity contribution in [2.24, 2.45) is 0 Å². The summed E-state index contributed by atoms with van der Waals surface area (Å²) in [5.41, 5.74) is 1.60. The molecule has 0 saturated carbocycles. The van der Waals surface area contributed by atoms with Crippen LogP contribution in [0.3, 0.4) is 0 Å². The normalized spacial score (nSPS) is 20.3. The first-order valence-corrected chi connectivity index (χ1v) is 9.30. The van der Waals surface area contributed by atoms with Gasteiger partial charge in [0.1, 0.15) is 0 Å². The molecule has 1 aliphatic rings. The zero-order chi connectivity index (χ0) is 15.3. The molecule has 0 bridgehead atoms. The molecule has 2 unspecified atom stereocenters. The van der Waals surface area contributed by atoms with Crippen molar-refractivity contribution >= 4 is 11.3 Å². The van der Waals surface area contributed by atoms with E-state index in [4.69, 9.17) is 4.74 Å². The van der Waals surface area contributed by atoms with Gasteiger partial charge in [0.15, 0.2) is 0 Å². The Kier molecular flexibility index (Phi) is 6.27. The Morgan fingerprint density at radius 1 is 1.48 bits per heavy atom. The van der Waals surface area contributed by atoms with Gasteiger partial charge in [0, 0.05) is 23.9 Å². The van der Waals surface area contributed by atoms with E-state index in [-0.39, 0.29) is 5.60 Å². The van der Waals surface area contributed by atoms with Crippen LogP contribution in [0.15, 0.2) is 11.4 Å². The maximum absolute atomic E-state index is 5.61. The molecule has 2 nitrogen and oxygen atoms in total. The lowest BCUT2D eigenvalue weighted by molar-refractivity contribution is 0.0109. The monoisotopic (exact) mass is 309 g/mol. The molecule has 1 heterocycles. The van der Waals surface area contributed by atoms with Crippen molar-refractivity contribution in [3.63, 3.8) is 0 Å². The van der Waals surface area contributed by atoms with Gasteiger partial charge in [-0.25, -0.2) is 0 Å². The summed E-state index contributed by atoms with van der Waals surface area (Å²) in [6.45, 7) is 7.76. The first kappa shape index (κ1) is 17.0. The smallest absolute Gasteiger partial charge is 0.0623 e. The zero-order valence-electron chi connectivity index (χ0n) is 14.1. The van der Waals surface area contributed by atoms with Gasteiger partial charge >= 0.3 is 0 Å². The van der Waals surface area contributed by atoms with Crippen LogP contribution >= 0.6 is 11.3 Å². The van der Waals surface area contributed by atoms with Crippen molar-refractivity contribution < 1.29 is 4.74 Å². The van der Waals surface area contributed by atoms with E-state index in [9.17, 15) is 0 Å². The molecule has 0 aromatic carbocycles. The molecule has 0 radical (unpaired) electrons. The van der Waals surface area contributed by atoms with E-state index in [1.807, 2.05) is 18.4 Å². The Morgan fingerprint density at radius 3 is 3.00 bits per heavy atom. The Bertz CT molecular complexity index is 427. The summed E-state index contributed by atoms with van der Waals surface area (Å²) in [7, 11) is 1.83. The molecular weight excluding hydrogens is 278 g/mol. The number of hydrogen-bond acceptors (Lipinski definition) is 3. The van der Waals surface area contributed by atoms with Gasteiger partial charge in [-0.3, -0.25) is 0 Å². The highest BCUT2D eigenvalue weighted by atomic mass is 32.1. The molecule has 1 N–H and O–H groups in total. The van der Waals surface area contributed by atoms with E-state index in [2.05, 4.69) is 37.5 Å². The molecular formula is C18H31NOS. The van der Waals surface area contributed by atoms with Gasteiger partial charge in [-0.2, -0.15) is 0 Å². The molecule has 2 rings (SSSR count). The maximum Gasteiger partial charge on any atom is 0.0623 e. The number of aryl methyl sites for hydroxylation is 1. The quantitative estimate of drug-likeness (QED) is 0.749. The van der Waals surface area contributed by atoms with E-state index >= 15 is 0 Å². The Morgan fingerprint density at radius 2 is 2.29 bits per heavy atom. The molecule has 1 aromatic rings. The lowest BCUT2D eigenvalue weighted by atomic mass is 9.80. The van der Waals surface area contributed by atoms with Crippen LogP contribution < -0.4 is 5.32 Å². The molecule has 0 spiro atoms. The molecule has 21 heavy (non-hydrogen) atoms. The van der Waals surface area contributed by atoms with Crippen molar-refractivity contribution in [1.82, 2.24) is 5.32 Å². The predicted octanol–water partition coefficient (Wildman–Crippen LogP) is 4.74. The zero-order valence-corrected chi connectivity index (χ0v) is 14.9. The van der Waals surface area contributed by atoms with Crippen LogP contribution in [-0.4, -0.2) is 25.3 Å². The molecule has 120 valence electrons. The summed E-state index contributed by atoms with van der Waals surface area (Å²) >= 11 is 1.95. The fourth-order valence-electron chi connectivity index (χ4n) is 3.32. The van der Waals surface area contributed by atoms with Gasteiger partial charge < -0.3 is 10.1 Å². The second-order valence-corrected chi connectivity index (χ2v) is 7.86. The first-order chi connectivity index (χ1) is 10.1. The molecule has 2 atom stereocenters. The van der Waals surface area contributed by atoms with Crippen molar-refractivity contribution in [3.8, 4) is 0 Å². The minimum atomic E-state index is -0.0156. The summed E-state index contributed by atoms with van der Waals surface area (Å²) in [4.78, 5) is 1.63.